The van der Waals surface area contributed by atoms with E-state index in [1.54, 1.807) is 6.07 Å². The fourth-order valence-corrected chi connectivity index (χ4v) is 2.69. The van der Waals surface area contributed by atoms with Crippen LogP contribution in [0.1, 0.15) is 11.1 Å². The third kappa shape index (κ3) is 3.98. The van der Waals surface area contributed by atoms with E-state index in [1.807, 2.05) is 32.0 Å². The predicted octanol–water partition coefficient (Wildman–Crippen LogP) is 3.76. The van der Waals surface area contributed by atoms with Crippen molar-refractivity contribution < 1.29 is 9.18 Å². The largest absolute Gasteiger partial charge is 0.398 e. The Hall–Kier alpha value is -2.01. The lowest BCUT2D eigenvalue weighted by molar-refractivity contribution is -0.113. The fraction of sp³-hybridized carbons (Fsp3) is 0.188. The molecule has 0 fully saturated rings. The number of thioether (sulfide) groups is 1. The van der Waals surface area contributed by atoms with Crippen molar-refractivity contribution >= 4 is 29.0 Å². The van der Waals surface area contributed by atoms with Crippen molar-refractivity contribution in [3.8, 4) is 0 Å². The standard InChI is InChI=1S/C16H17FN2OS/c1-10-6-7-12(17)8-13(10)19-15(20)9-21-14-5-3-4-11(2)16(14)18/h3-8H,9,18H2,1-2H3,(H,19,20). The van der Waals surface area contributed by atoms with Gasteiger partial charge in [0.15, 0.2) is 0 Å². The molecule has 0 saturated heterocycles. The van der Waals surface area contributed by atoms with E-state index >= 15 is 0 Å². The van der Waals surface area contributed by atoms with Gasteiger partial charge in [-0.3, -0.25) is 4.79 Å². The van der Waals surface area contributed by atoms with Gasteiger partial charge in [0.2, 0.25) is 5.91 Å². The molecule has 0 saturated carbocycles. The number of aryl methyl sites for hydroxylation is 2. The number of nitrogen functional groups attached to an aromatic ring is 1. The Bertz CT molecular complexity index is 673. The number of para-hydroxylation sites is 1. The molecule has 2 rings (SSSR count). The minimum atomic E-state index is -0.369. The molecule has 0 heterocycles. The quantitative estimate of drug-likeness (QED) is 0.668. The van der Waals surface area contributed by atoms with E-state index < -0.39 is 0 Å². The van der Waals surface area contributed by atoms with Crippen molar-refractivity contribution in [2.24, 2.45) is 0 Å². The first-order valence-corrected chi connectivity index (χ1v) is 7.50. The summed E-state index contributed by atoms with van der Waals surface area (Å²) in [6.07, 6.45) is 0. The zero-order valence-corrected chi connectivity index (χ0v) is 12.8. The van der Waals surface area contributed by atoms with Crippen molar-refractivity contribution in [2.45, 2.75) is 18.7 Å². The third-order valence-electron chi connectivity index (χ3n) is 3.12. The predicted molar refractivity (Wildman–Crippen MR) is 86.1 cm³/mol. The molecule has 3 nitrogen and oxygen atoms in total. The minimum absolute atomic E-state index is 0.186. The molecule has 0 aliphatic heterocycles. The van der Waals surface area contributed by atoms with Gasteiger partial charge in [-0.2, -0.15) is 0 Å². The Balaban J connectivity index is 1.99. The van der Waals surface area contributed by atoms with Gasteiger partial charge < -0.3 is 11.1 Å². The molecule has 2 aromatic carbocycles. The first-order valence-electron chi connectivity index (χ1n) is 6.51. The van der Waals surface area contributed by atoms with Crippen LogP contribution in [0, 0.1) is 19.7 Å². The number of anilines is 2. The maximum Gasteiger partial charge on any atom is 0.234 e. The summed E-state index contributed by atoms with van der Waals surface area (Å²) >= 11 is 1.37. The first-order chi connectivity index (χ1) is 9.97. The van der Waals surface area contributed by atoms with E-state index in [0.29, 0.717) is 11.4 Å². The number of rotatable bonds is 4. The Kier molecular flexibility index (Phi) is 4.85. The summed E-state index contributed by atoms with van der Waals surface area (Å²) in [5.41, 5.74) is 8.96. The molecule has 1 amide bonds. The summed E-state index contributed by atoms with van der Waals surface area (Å²) in [4.78, 5) is 12.8. The summed E-state index contributed by atoms with van der Waals surface area (Å²) in [6, 6.07) is 10.0. The Labute approximate surface area is 127 Å². The summed E-state index contributed by atoms with van der Waals surface area (Å²) < 4.78 is 13.2. The lowest BCUT2D eigenvalue weighted by atomic mass is 10.2. The second-order valence-corrected chi connectivity index (χ2v) is 5.80. The highest BCUT2D eigenvalue weighted by molar-refractivity contribution is 8.00. The highest BCUT2D eigenvalue weighted by Crippen LogP contribution is 2.27. The molecule has 21 heavy (non-hydrogen) atoms. The molecule has 5 heteroatoms. The number of nitrogens with two attached hydrogens (primary N) is 1. The van der Waals surface area contributed by atoms with Gasteiger partial charge in [-0.15, -0.1) is 11.8 Å². The van der Waals surface area contributed by atoms with Crippen LogP contribution in [0.4, 0.5) is 15.8 Å². The average Bonchev–Trinajstić information content (AvgIpc) is 2.44. The molecular formula is C16H17FN2OS. The Morgan fingerprint density at radius 3 is 2.76 bits per heavy atom. The van der Waals surface area contributed by atoms with Gasteiger partial charge in [-0.25, -0.2) is 4.39 Å². The number of halogens is 1. The van der Waals surface area contributed by atoms with E-state index in [0.717, 1.165) is 16.0 Å². The first kappa shape index (κ1) is 15.4. The van der Waals surface area contributed by atoms with Crippen LogP contribution >= 0.6 is 11.8 Å². The number of hydrogen-bond donors (Lipinski definition) is 2. The van der Waals surface area contributed by atoms with E-state index in [-0.39, 0.29) is 17.5 Å². The van der Waals surface area contributed by atoms with E-state index in [2.05, 4.69) is 5.32 Å². The van der Waals surface area contributed by atoms with Gasteiger partial charge >= 0.3 is 0 Å². The van der Waals surface area contributed by atoms with Crippen molar-refractivity contribution in [2.75, 3.05) is 16.8 Å². The molecule has 0 aliphatic carbocycles. The molecule has 0 atom stereocenters. The number of benzene rings is 2. The van der Waals surface area contributed by atoms with Crippen LogP contribution in [0.5, 0.6) is 0 Å². The van der Waals surface area contributed by atoms with Crippen LogP contribution in [0.3, 0.4) is 0 Å². The number of nitrogens with one attached hydrogen (secondary N) is 1. The summed E-state index contributed by atoms with van der Waals surface area (Å²) in [5.74, 6) is -0.329. The zero-order valence-electron chi connectivity index (χ0n) is 11.9. The van der Waals surface area contributed by atoms with Crippen LogP contribution in [0.25, 0.3) is 0 Å². The van der Waals surface area contributed by atoms with Crippen LogP contribution in [0.15, 0.2) is 41.3 Å². The maximum atomic E-state index is 13.2. The topological polar surface area (TPSA) is 55.1 Å². The maximum absolute atomic E-state index is 13.2. The summed E-state index contributed by atoms with van der Waals surface area (Å²) in [7, 11) is 0. The smallest absolute Gasteiger partial charge is 0.234 e. The summed E-state index contributed by atoms with van der Waals surface area (Å²) in [6.45, 7) is 3.75. The highest BCUT2D eigenvalue weighted by atomic mass is 32.2. The van der Waals surface area contributed by atoms with Crippen molar-refractivity contribution in [3.05, 3.63) is 53.3 Å². The number of amides is 1. The van der Waals surface area contributed by atoms with Crippen LogP contribution in [-0.4, -0.2) is 11.7 Å². The molecule has 0 radical (unpaired) electrons. The van der Waals surface area contributed by atoms with Crippen LogP contribution in [-0.2, 0) is 4.79 Å². The lowest BCUT2D eigenvalue weighted by Gasteiger charge is -2.10. The van der Waals surface area contributed by atoms with Crippen molar-refractivity contribution in [1.82, 2.24) is 0 Å². The molecule has 0 aliphatic rings. The van der Waals surface area contributed by atoms with E-state index in [4.69, 9.17) is 5.73 Å². The zero-order chi connectivity index (χ0) is 15.4. The molecule has 0 spiro atoms. The molecule has 0 bridgehead atoms. The van der Waals surface area contributed by atoms with E-state index in [1.165, 1.54) is 23.9 Å². The molecule has 2 aromatic rings. The van der Waals surface area contributed by atoms with Gasteiger partial charge in [0.25, 0.3) is 0 Å². The van der Waals surface area contributed by atoms with Gasteiger partial charge in [0, 0.05) is 16.3 Å². The van der Waals surface area contributed by atoms with E-state index in [9.17, 15) is 9.18 Å². The lowest BCUT2D eigenvalue weighted by Crippen LogP contribution is -2.15. The van der Waals surface area contributed by atoms with Gasteiger partial charge in [-0.05, 0) is 43.2 Å². The van der Waals surface area contributed by atoms with Crippen molar-refractivity contribution in [1.29, 1.82) is 0 Å². The Morgan fingerprint density at radius 1 is 1.24 bits per heavy atom. The van der Waals surface area contributed by atoms with Gasteiger partial charge in [0.05, 0.1) is 5.75 Å². The minimum Gasteiger partial charge on any atom is -0.398 e. The van der Waals surface area contributed by atoms with Crippen molar-refractivity contribution in [3.63, 3.8) is 0 Å². The van der Waals surface area contributed by atoms with Gasteiger partial charge in [0.1, 0.15) is 5.82 Å². The molecule has 110 valence electrons. The Morgan fingerprint density at radius 2 is 2.00 bits per heavy atom. The number of hydrogen-bond acceptors (Lipinski definition) is 3. The van der Waals surface area contributed by atoms with Gasteiger partial charge in [-0.1, -0.05) is 18.2 Å². The highest BCUT2D eigenvalue weighted by Gasteiger charge is 2.09. The molecular weight excluding hydrogens is 287 g/mol. The average molecular weight is 304 g/mol. The number of carbonyl (C=O) groups is 1. The van der Waals surface area contributed by atoms with Crippen LogP contribution < -0.4 is 11.1 Å². The third-order valence-corrected chi connectivity index (χ3v) is 4.19. The second kappa shape index (κ2) is 6.63. The number of carbonyl (C=O) groups excluding carboxylic acids is 1. The second-order valence-electron chi connectivity index (χ2n) is 4.78. The SMILES string of the molecule is Cc1ccc(F)cc1NC(=O)CSc1cccc(C)c1N. The fourth-order valence-electron chi connectivity index (χ4n) is 1.84. The molecule has 3 N–H and O–H groups in total. The normalized spacial score (nSPS) is 10.4. The van der Waals surface area contributed by atoms with Crippen LogP contribution in [0.2, 0.25) is 0 Å². The molecule has 0 unspecified atom stereocenters. The summed E-state index contributed by atoms with van der Waals surface area (Å²) in [5, 5.41) is 2.71. The molecule has 0 aromatic heterocycles. The monoisotopic (exact) mass is 304 g/mol.